The van der Waals surface area contributed by atoms with Crippen LogP contribution in [0.15, 0.2) is 24.3 Å². The zero-order valence-corrected chi connectivity index (χ0v) is 7.72. The standard InChI is InChI=1S/C11H13O/c1-8(2)10-6-4-5-7-11(10)9(3)12/h4-7H,1-3H3. The van der Waals surface area contributed by atoms with Crippen molar-refractivity contribution in [2.45, 2.75) is 20.8 Å². The fraction of sp³-hybridized carbons (Fsp3) is 0.273. The highest BCUT2D eigenvalue weighted by molar-refractivity contribution is 5.96. The third kappa shape index (κ3) is 1.73. The van der Waals surface area contributed by atoms with Crippen LogP contribution in [-0.2, 0) is 0 Å². The predicted octanol–water partition coefficient (Wildman–Crippen LogP) is 2.85. The molecule has 0 fully saturated rings. The van der Waals surface area contributed by atoms with Crippen LogP contribution in [0.4, 0.5) is 0 Å². The van der Waals surface area contributed by atoms with Crippen LogP contribution in [0.5, 0.6) is 0 Å². The summed E-state index contributed by atoms with van der Waals surface area (Å²) in [6.07, 6.45) is 0. The van der Waals surface area contributed by atoms with E-state index in [0.717, 1.165) is 11.1 Å². The summed E-state index contributed by atoms with van der Waals surface area (Å²) in [5.74, 6) is 1.31. The number of hydrogen-bond donors (Lipinski definition) is 0. The van der Waals surface area contributed by atoms with Crippen molar-refractivity contribution in [1.82, 2.24) is 0 Å². The molecule has 12 heavy (non-hydrogen) atoms. The molecule has 1 aromatic carbocycles. The lowest BCUT2D eigenvalue weighted by molar-refractivity contribution is 0.101. The molecule has 63 valence electrons. The van der Waals surface area contributed by atoms with Crippen LogP contribution in [-0.4, -0.2) is 5.78 Å². The Morgan fingerprint density at radius 2 is 1.50 bits per heavy atom. The van der Waals surface area contributed by atoms with Crippen LogP contribution < -0.4 is 0 Å². The van der Waals surface area contributed by atoms with Gasteiger partial charge in [-0.15, -0.1) is 0 Å². The van der Waals surface area contributed by atoms with Gasteiger partial charge in [0, 0.05) is 5.56 Å². The number of Topliss-reactive ketones (excluding diaryl/α,β-unsaturated/α-hetero) is 1. The van der Waals surface area contributed by atoms with E-state index in [2.05, 4.69) is 0 Å². The molecule has 1 radical (unpaired) electrons. The lowest BCUT2D eigenvalue weighted by Gasteiger charge is -2.08. The quantitative estimate of drug-likeness (QED) is 0.609. The number of carbonyl (C=O) groups is 1. The average Bonchev–Trinajstić information content (AvgIpc) is 2.04. The number of carbonyl (C=O) groups excluding carboxylic acids is 1. The molecule has 0 unspecified atom stereocenters. The van der Waals surface area contributed by atoms with Gasteiger partial charge in [0.15, 0.2) is 5.78 Å². The van der Waals surface area contributed by atoms with Gasteiger partial charge in [0.2, 0.25) is 0 Å². The van der Waals surface area contributed by atoms with Gasteiger partial charge in [0.25, 0.3) is 0 Å². The second kappa shape index (κ2) is 3.53. The molecule has 0 aliphatic carbocycles. The first-order chi connectivity index (χ1) is 5.63. The summed E-state index contributed by atoms with van der Waals surface area (Å²) in [4.78, 5) is 11.2. The number of ketones is 1. The van der Waals surface area contributed by atoms with Crippen molar-refractivity contribution in [3.8, 4) is 0 Å². The lowest BCUT2D eigenvalue weighted by atomic mass is 9.95. The van der Waals surface area contributed by atoms with Crippen LogP contribution in [0.3, 0.4) is 0 Å². The smallest absolute Gasteiger partial charge is 0.160 e. The van der Waals surface area contributed by atoms with Crippen molar-refractivity contribution in [2.75, 3.05) is 0 Å². The van der Waals surface area contributed by atoms with E-state index in [1.807, 2.05) is 38.1 Å². The molecule has 0 saturated heterocycles. The Balaban J connectivity index is 3.17. The topological polar surface area (TPSA) is 17.1 Å². The molecule has 0 saturated carbocycles. The molecule has 0 amide bonds. The van der Waals surface area contributed by atoms with Crippen molar-refractivity contribution in [3.05, 3.63) is 41.3 Å². The van der Waals surface area contributed by atoms with Crippen molar-refractivity contribution in [3.63, 3.8) is 0 Å². The minimum absolute atomic E-state index is 0.131. The second-order valence-corrected chi connectivity index (χ2v) is 3.10. The van der Waals surface area contributed by atoms with Gasteiger partial charge in [-0.25, -0.2) is 0 Å². The van der Waals surface area contributed by atoms with Gasteiger partial charge in [0.05, 0.1) is 0 Å². The van der Waals surface area contributed by atoms with E-state index in [9.17, 15) is 4.79 Å². The Hall–Kier alpha value is -1.11. The Bertz CT molecular complexity index is 287. The minimum Gasteiger partial charge on any atom is -0.295 e. The molecule has 0 N–H and O–H groups in total. The summed E-state index contributed by atoms with van der Waals surface area (Å²) in [6, 6.07) is 7.69. The van der Waals surface area contributed by atoms with E-state index in [-0.39, 0.29) is 5.78 Å². The van der Waals surface area contributed by atoms with Gasteiger partial charge >= 0.3 is 0 Å². The summed E-state index contributed by atoms with van der Waals surface area (Å²) in [7, 11) is 0. The monoisotopic (exact) mass is 161 g/mol. The normalized spacial score (nSPS) is 10.3. The SMILES string of the molecule is C[C](C)c1ccccc1C(C)=O. The number of hydrogen-bond acceptors (Lipinski definition) is 1. The summed E-state index contributed by atoms with van der Waals surface area (Å²) in [5.41, 5.74) is 1.88. The summed E-state index contributed by atoms with van der Waals surface area (Å²) in [5, 5.41) is 0. The summed E-state index contributed by atoms with van der Waals surface area (Å²) in [6.45, 7) is 5.63. The zero-order valence-electron chi connectivity index (χ0n) is 7.72. The molecule has 0 atom stereocenters. The maximum atomic E-state index is 11.2. The molecule has 0 aliphatic rings. The van der Waals surface area contributed by atoms with Crippen LogP contribution in [0.25, 0.3) is 0 Å². The van der Waals surface area contributed by atoms with E-state index in [1.165, 1.54) is 5.92 Å². The minimum atomic E-state index is 0.131. The first kappa shape index (κ1) is 8.98. The highest BCUT2D eigenvalue weighted by atomic mass is 16.1. The Kier molecular flexibility index (Phi) is 2.64. The van der Waals surface area contributed by atoms with Gasteiger partial charge in [-0.2, -0.15) is 0 Å². The molecule has 1 nitrogen and oxygen atoms in total. The molecule has 1 heteroatoms. The second-order valence-electron chi connectivity index (χ2n) is 3.10. The van der Waals surface area contributed by atoms with Crippen molar-refractivity contribution >= 4 is 5.78 Å². The first-order valence-electron chi connectivity index (χ1n) is 4.03. The molecular weight excluding hydrogens is 148 g/mol. The first-order valence-corrected chi connectivity index (χ1v) is 4.03. The van der Waals surface area contributed by atoms with Crippen molar-refractivity contribution in [2.24, 2.45) is 0 Å². The van der Waals surface area contributed by atoms with Crippen LogP contribution in [0, 0.1) is 5.92 Å². The molecule has 0 heterocycles. The average molecular weight is 161 g/mol. The maximum Gasteiger partial charge on any atom is 0.160 e. The Morgan fingerprint density at radius 3 is 1.83 bits per heavy atom. The van der Waals surface area contributed by atoms with E-state index >= 15 is 0 Å². The highest BCUT2D eigenvalue weighted by Gasteiger charge is 2.08. The number of rotatable bonds is 2. The van der Waals surface area contributed by atoms with Crippen molar-refractivity contribution < 1.29 is 4.79 Å². The molecular formula is C11H13O. The predicted molar refractivity (Wildman–Crippen MR) is 50.1 cm³/mol. The van der Waals surface area contributed by atoms with Crippen LogP contribution in [0.2, 0.25) is 0 Å². The zero-order chi connectivity index (χ0) is 9.14. The Labute approximate surface area is 73.4 Å². The van der Waals surface area contributed by atoms with E-state index in [0.29, 0.717) is 0 Å². The molecule has 1 aromatic rings. The third-order valence-electron chi connectivity index (χ3n) is 1.85. The number of benzene rings is 1. The van der Waals surface area contributed by atoms with Gasteiger partial charge in [-0.1, -0.05) is 38.1 Å². The fourth-order valence-corrected chi connectivity index (χ4v) is 1.23. The molecule has 0 bridgehead atoms. The third-order valence-corrected chi connectivity index (χ3v) is 1.85. The highest BCUT2D eigenvalue weighted by Crippen LogP contribution is 2.18. The molecule has 0 spiro atoms. The van der Waals surface area contributed by atoms with Crippen LogP contribution in [0.1, 0.15) is 36.7 Å². The summed E-state index contributed by atoms with van der Waals surface area (Å²) >= 11 is 0. The lowest BCUT2D eigenvalue weighted by Crippen LogP contribution is -2.00. The van der Waals surface area contributed by atoms with E-state index in [4.69, 9.17) is 0 Å². The van der Waals surface area contributed by atoms with Gasteiger partial charge < -0.3 is 0 Å². The largest absolute Gasteiger partial charge is 0.295 e. The van der Waals surface area contributed by atoms with Gasteiger partial charge in [0.1, 0.15) is 0 Å². The van der Waals surface area contributed by atoms with Crippen LogP contribution >= 0.6 is 0 Å². The van der Waals surface area contributed by atoms with Gasteiger partial charge in [-0.05, 0) is 18.4 Å². The fourth-order valence-electron chi connectivity index (χ4n) is 1.23. The molecule has 1 rings (SSSR count). The van der Waals surface area contributed by atoms with Gasteiger partial charge in [-0.3, -0.25) is 4.79 Å². The summed E-state index contributed by atoms with van der Waals surface area (Å²) < 4.78 is 0. The van der Waals surface area contributed by atoms with Crippen molar-refractivity contribution in [1.29, 1.82) is 0 Å². The van der Waals surface area contributed by atoms with E-state index < -0.39 is 0 Å². The Morgan fingerprint density at radius 1 is 1.00 bits per heavy atom. The molecule has 0 aromatic heterocycles. The maximum absolute atomic E-state index is 11.2. The molecule has 0 aliphatic heterocycles. The van der Waals surface area contributed by atoms with E-state index in [1.54, 1.807) is 6.92 Å².